The topological polar surface area (TPSA) is 57.7 Å². The zero-order valence-corrected chi connectivity index (χ0v) is 17.3. The molecule has 1 aromatic carbocycles. The van der Waals surface area contributed by atoms with E-state index in [0.29, 0.717) is 36.0 Å². The molecule has 1 aromatic heterocycles. The summed E-state index contributed by atoms with van der Waals surface area (Å²) in [6, 6.07) is 10.6. The molecule has 0 bridgehead atoms. The molecule has 1 fully saturated rings. The maximum atomic E-state index is 12.6. The fourth-order valence-electron chi connectivity index (χ4n) is 2.50. The maximum Gasteiger partial charge on any atom is 0.255 e. The third-order valence-electron chi connectivity index (χ3n) is 3.77. The third-order valence-corrected chi connectivity index (χ3v) is 8.45. The molecule has 3 rings (SSSR count). The summed E-state index contributed by atoms with van der Waals surface area (Å²) in [5.41, 5.74) is 0.594. The quantitative estimate of drug-likeness (QED) is 0.658. The van der Waals surface area contributed by atoms with E-state index in [0.717, 1.165) is 8.26 Å². The number of halogens is 2. The maximum absolute atomic E-state index is 12.6. The fourth-order valence-corrected chi connectivity index (χ4v) is 6.54. The lowest BCUT2D eigenvalue weighted by molar-refractivity contribution is 0.0697. The molecule has 2 aromatic rings. The molecular formula is C15H14Br2N2O3S2. The number of piperazine rings is 1. The predicted molar refractivity (Wildman–Crippen MR) is 101 cm³/mol. The SMILES string of the molecule is O=C(c1ccccc1Br)N1CCN(S(=O)(=O)c2ccc(Br)s2)CC1. The molecule has 2 heterocycles. The number of carbonyl (C=O) groups excluding carboxylic acids is 1. The molecule has 0 saturated carbocycles. The number of carbonyl (C=O) groups is 1. The van der Waals surface area contributed by atoms with E-state index in [4.69, 9.17) is 0 Å². The third kappa shape index (κ3) is 3.60. The van der Waals surface area contributed by atoms with Crippen molar-refractivity contribution in [2.24, 2.45) is 0 Å². The lowest BCUT2D eigenvalue weighted by atomic mass is 10.2. The van der Waals surface area contributed by atoms with Gasteiger partial charge in [0, 0.05) is 30.7 Å². The molecule has 9 heteroatoms. The van der Waals surface area contributed by atoms with Crippen LogP contribution in [0.15, 0.2) is 48.9 Å². The molecule has 0 atom stereocenters. The number of nitrogens with zero attached hydrogens (tertiary/aromatic N) is 2. The fraction of sp³-hybridized carbons (Fsp3) is 0.267. The van der Waals surface area contributed by atoms with Crippen molar-refractivity contribution in [1.29, 1.82) is 0 Å². The van der Waals surface area contributed by atoms with Crippen molar-refractivity contribution in [2.75, 3.05) is 26.2 Å². The largest absolute Gasteiger partial charge is 0.336 e. The molecular weight excluding hydrogens is 480 g/mol. The van der Waals surface area contributed by atoms with Crippen molar-refractivity contribution in [2.45, 2.75) is 4.21 Å². The molecule has 1 amide bonds. The molecule has 0 radical (unpaired) electrons. The van der Waals surface area contributed by atoms with E-state index >= 15 is 0 Å². The Morgan fingerprint density at radius 3 is 2.25 bits per heavy atom. The Hall–Kier alpha value is -0.740. The average molecular weight is 494 g/mol. The van der Waals surface area contributed by atoms with Crippen LogP contribution in [0.4, 0.5) is 0 Å². The van der Waals surface area contributed by atoms with Gasteiger partial charge in [0.05, 0.1) is 9.35 Å². The van der Waals surface area contributed by atoms with Gasteiger partial charge >= 0.3 is 0 Å². The molecule has 1 aliphatic heterocycles. The highest BCUT2D eigenvalue weighted by Crippen LogP contribution is 2.29. The molecule has 1 aliphatic rings. The van der Waals surface area contributed by atoms with Gasteiger partial charge in [0.15, 0.2) is 0 Å². The van der Waals surface area contributed by atoms with E-state index in [1.807, 2.05) is 18.2 Å². The van der Waals surface area contributed by atoms with E-state index in [1.165, 1.54) is 15.6 Å². The summed E-state index contributed by atoms with van der Waals surface area (Å²) in [7, 11) is -3.49. The predicted octanol–water partition coefficient (Wildman–Crippen LogP) is 3.42. The summed E-state index contributed by atoms with van der Waals surface area (Å²) in [5.74, 6) is -0.0848. The lowest BCUT2D eigenvalue weighted by Crippen LogP contribution is -2.50. The number of amides is 1. The summed E-state index contributed by atoms with van der Waals surface area (Å²) < 4.78 is 28.5. The van der Waals surface area contributed by atoms with Crippen molar-refractivity contribution in [3.05, 3.63) is 50.2 Å². The van der Waals surface area contributed by atoms with Gasteiger partial charge in [-0.15, -0.1) is 11.3 Å². The van der Waals surface area contributed by atoms with Crippen molar-refractivity contribution >= 4 is 59.1 Å². The standard InChI is InChI=1S/C15H14Br2N2O3S2/c16-12-4-2-1-3-11(12)15(20)18-7-9-19(10-8-18)24(21,22)14-6-5-13(17)23-14/h1-6H,7-10H2. The Balaban J connectivity index is 1.70. The second-order valence-electron chi connectivity index (χ2n) is 5.23. The Bertz CT molecular complexity index is 859. The van der Waals surface area contributed by atoms with Crippen LogP contribution in [-0.4, -0.2) is 49.7 Å². The van der Waals surface area contributed by atoms with E-state index in [1.54, 1.807) is 23.1 Å². The van der Waals surface area contributed by atoms with Gasteiger partial charge in [0.2, 0.25) is 0 Å². The second kappa shape index (κ2) is 7.25. The van der Waals surface area contributed by atoms with Crippen molar-refractivity contribution in [3.8, 4) is 0 Å². The highest BCUT2D eigenvalue weighted by molar-refractivity contribution is 9.11. The summed E-state index contributed by atoms with van der Waals surface area (Å²) in [6.07, 6.45) is 0. The normalized spacial score (nSPS) is 16.3. The van der Waals surface area contributed by atoms with Crippen LogP contribution in [0.5, 0.6) is 0 Å². The first-order valence-corrected chi connectivity index (χ1v) is 11.0. The van der Waals surface area contributed by atoms with Gasteiger partial charge < -0.3 is 4.90 Å². The van der Waals surface area contributed by atoms with Crippen LogP contribution >= 0.6 is 43.2 Å². The molecule has 0 aliphatic carbocycles. The van der Waals surface area contributed by atoms with E-state index < -0.39 is 10.0 Å². The van der Waals surface area contributed by atoms with Gasteiger partial charge in [-0.25, -0.2) is 8.42 Å². The number of hydrogen-bond acceptors (Lipinski definition) is 4. The van der Waals surface area contributed by atoms with Gasteiger partial charge in [-0.3, -0.25) is 4.79 Å². The van der Waals surface area contributed by atoms with Crippen molar-refractivity contribution in [1.82, 2.24) is 9.21 Å². The van der Waals surface area contributed by atoms with Crippen LogP contribution in [0.25, 0.3) is 0 Å². The Morgan fingerprint density at radius 1 is 1.00 bits per heavy atom. The minimum Gasteiger partial charge on any atom is -0.336 e. The van der Waals surface area contributed by atoms with Gasteiger partial charge in [0.25, 0.3) is 15.9 Å². The van der Waals surface area contributed by atoms with Gasteiger partial charge in [0.1, 0.15) is 4.21 Å². The summed E-state index contributed by atoms with van der Waals surface area (Å²) in [5, 5.41) is 0. The Morgan fingerprint density at radius 2 is 1.67 bits per heavy atom. The first-order chi connectivity index (χ1) is 11.4. The first kappa shape index (κ1) is 18.1. The highest BCUT2D eigenvalue weighted by atomic mass is 79.9. The number of rotatable bonds is 3. The van der Waals surface area contributed by atoms with Crippen molar-refractivity contribution in [3.63, 3.8) is 0 Å². The van der Waals surface area contributed by atoms with Crippen molar-refractivity contribution < 1.29 is 13.2 Å². The van der Waals surface area contributed by atoms with Crippen LogP contribution in [-0.2, 0) is 10.0 Å². The monoisotopic (exact) mass is 492 g/mol. The van der Waals surface area contributed by atoms with E-state index in [9.17, 15) is 13.2 Å². The molecule has 0 spiro atoms. The summed E-state index contributed by atoms with van der Waals surface area (Å²) in [4.78, 5) is 14.3. The summed E-state index contributed by atoms with van der Waals surface area (Å²) >= 11 is 7.87. The van der Waals surface area contributed by atoms with Crippen LogP contribution in [0, 0.1) is 0 Å². The van der Waals surface area contributed by atoms with Crippen LogP contribution in [0.1, 0.15) is 10.4 Å². The van der Waals surface area contributed by atoms with Gasteiger partial charge in [-0.2, -0.15) is 4.31 Å². The van der Waals surface area contributed by atoms with Crippen LogP contribution < -0.4 is 0 Å². The molecule has 0 N–H and O–H groups in total. The van der Waals surface area contributed by atoms with Gasteiger partial charge in [-0.05, 0) is 56.1 Å². The first-order valence-electron chi connectivity index (χ1n) is 7.19. The van der Waals surface area contributed by atoms with E-state index in [2.05, 4.69) is 31.9 Å². The molecule has 24 heavy (non-hydrogen) atoms. The average Bonchev–Trinajstić information content (AvgIpc) is 3.02. The molecule has 0 unspecified atom stereocenters. The molecule has 1 saturated heterocycles. The second-order valence-corrected chi connectivity index (χ2v) is 10.7. The smallest absolute Gasteiger partial charge is 0.255 e. The minimum absolute atomic E-state index is 0.0848. The molecule has 128 valence electrons. The van der Waals surface area contributed by atoms with E-state index in [-0.39, 0.29) is 5.91 Å². The number of hydrogen-bond donors (Lipinski definition) is 0. The summed E-state index contributed by atoms with van der Waals surface area (Å²) in [6.45, 7) is 1.36. The zero-order valence-electron chi connectivity index (χ0n) is 12.5. The zero-order chi connectivity index (χ0) is 17.3. The number of benzene rings is 1. The Labute approximate surface area is 161 Å². The minimum atomic E-state index is -3.49. The molecule has 5 nitrogen and oxygen atoms in total. The Kier molecular flexibility index (Phi) is 5.45. The number of thiophene rings is 1. The van der Waals surface area contributed by atoms with Crippen LogP contribution in [0.3, 0.4) is 0 Å². The number of sulfonamides is 1. The van der Waals surface area contributed by atoms with Gasteiger partial charge in [-0.1, -0.05) is 12.1 Å². The van der Waals surface area contributed by atoms with Crippen LogP contribution in [0.2, 0.25) is 0 Å². The lowest BCUT2D eigenvalue weighted by Gasteiger charge is -2.33. The highest BCUT2D eigenvalue weighted by Gasteiger charge is 2.31.